The van der Waals surface area contributed by atoms with Crippen molar-refractivity contribution in [2.75, 3.05) is 12.4 Å². The molecule has 2 aromatic rings. The number of aryl methyl sites for hydroxylation is 3. The summed E-state index contributed by atoms with van der Waals surface area (Å²) < 4.78 is 6.53. The molecular formula is C17H21BrN2O. The van der Waals surface area contributed by atoms with Gasteiger partial charge >= 0.3 is 0 Å². The van der Waals surface area contributed by atoms with Gasteiger partial charge in [-0.05, 0) is 60.8 Å². The maximum absolute atomic E-state index is 5.45. The van der Waals surface area contributed by atoms with Gasteiger partial charge < -0.3 is 10.1 Å². The predicted octanol–water partition coefficient (Wildman–Crippen LogP) is 4.70. The molecule has 3 nitrogen and oxygen atoms in total. The molecule has 0 saturated heterocycles. The zero-order valence-electron chi connectivity index (χ0n) is 13.2. The number of benzene rings is 1. The van der Waals surface area contributed by atoms with Crippen molar-refractivity contribution < 1.29 is 4.74 Å². The Hall–Kier alpha value is -1.55. The van der Waals surface area contributed by atoms with Gasteiger partial charge in [0, 0.05) is 21.8 Å². The van der Waals surface area contributed by atoms with Crippen LogP contribution in [0.3, 0.4) is 0 Å². The number of hydrogen-bond acceptors (Lipinski definition) is 3. The molecule has 0 bridgehead atoms. The smallest absolute Gasteiger partial charge is 0.128 e. The fraction of sp³-hybridized carbons (Fsp3) is 0.353. The molecule has 4 heteroatoms. The molecule has 21 heavy (non-hydrogen) atoms. The molecule has 0 aliphatic carbocycles. The van der Waals surface area contributed by atoms with Gasteiger partial charge in [0.25, 0.3) is 0 Å². The summed E-state index contributed by atoms with van der Waals surface area (Å²) in [6.07, 6.45) is 1.86. The molecule has 0 unspecified atom stereocenters. The number of anilines is 1. The van der Waals surface area contributed by atoms with Gasteiger partial charge in [-0.15, -0.1) is 0 Å². The van der Waals surface area contributed by atoms with E-state index in [2.05, 4.69) is 52.2 Å². The Labute approximate surface area is 134 Å². The number of nitrogens with one attached hydrogen (secondary N) is 1. The fourth-order valence-electron chi connectivity index (χ4n) is 2.56. The molecular weight excluding hydrogens is 328 g/mol. The van der Waals surface area contributed by atoms with E-state index >= 15 is 0 Å². The van der Waals surface area contributed by atoms with Gasteiger partial charge in [-0.25, -0.2) is 0 Å². The normalized spacial score (nSPS) is 10.6. The predicted molar refractivity (Wildman–Crippen MR) is 91.2 cm³/mol. The molecule has 1 aromatic heterocycles. The molecule has 0 radical (unpaired) electrons. The van der Waals surface area contributed by atoms with Crippen LogP contribution in [-0.4, -0.2) is 12.1 Å². The standard InChI is InChI=1S/C17H21BrN2O/c1-10-6-11(2)16(14(18)7-10)20-9-15-13(4)17(21-5)12(3)8-19-15/h6-8,20H,9H2,1-5H3. The highest BCUT2D eigenvalue weighted by Gasteiger charge is 2.11. The first-order valence-electron chi connectivity index (χ1n) is 6.93. The Morgan fingerprint density at radius 2 is 1.86 bits per heavy atom. The molecule has 2 rings (SSSR count). The van der Waals surface area contributed by atoms with Crippen molar-refractivity contribution in [3.63, 3.8) is 0 Å². The van der Waals surface area contributed by atoms with Crippen LogP contribution in [0.2, 0.25) is 0 Å². The maximum Gasteiger partial charge on any atom is 0.128 e. The molecule has 1 aromatic carbocycles. The Bertz CT molecular complexity index is 645. The largest absolute Gasteiger partial charge is 0.496 e. The molecule has 1 heterocycles. The average Bonchev–Trinajstić information content (AvgIpc) is 2.40. The Morgan fingerprint density at radius 1 is 1.14 bits per heavy atom. The molecule has 0 saturated carbocycles. The third-order valence-corrected chi connectivity index (χ3v) is 4.24. The number of aromatic nitrogens is 1. The second-order valence-electron chi connectivity index (χ2n) is 5.34. The molecule has 0 aliphatic rings. The Kier molecular flexibility index (Phi) is 4.88. The van der Waals surface area contributed by atoms with E-state index < -0.39 is 0 Å². The zero-order chi connectivity index (χ0) is 15.6. The maximum atomic E-state index is 5.45. The van der Waals surface area contributed by atoms with Crippen LogP contribution in [0.15, 0.2) is 22.8 Å². The Balaban J connectivity index is 2.25. The summed E-state index contributed by atoms with van der Waals surface area (Å²) >= 11 is 3.62. The van der Waals surface area contributed by atoms with Crippen molar-refractivity contribution in [1.82, 2.24) is 4.98 Å². The summed E-state index contributed by atoms with van der Waals surface area (Å²) in [5.74, 6) is 0.918. The lowest BCUT2D eigenvalue weighted by Crippen LogP contribution is -2.07. The van der Waals surface area contributed by atoms with Crippen LogP contribution in [-0.2, 0) is 6.54 Å². The number of rotatable bonds is 4. The molecule has 0 spiro atoms. The number of nitrogens with zero attached hydrogens (tertiary/aromatic N) is 1. The third-order valence-electron chi connectivity index (χ3n) is 3.61. The van der Waals surface area contributed by atoms with Gasteiger partial charge in [-0.2, -0.15) is 0 Å². The quantitative estimate of drug-likeness (QED) is 0.869. The van der Waals surface area contributed by atoms with Crippen molar-refractivity contribution in [2.45, 2.75) is 34.2 Å². The van der Waals surface area contributed by atoms with Gasteiger partial charge in [0.05, 0.1) is 25.0 Å². The zero-order valence-corrected chi connectivity index (χ0v) is 14.8. The van der Waals surface area contributed by atoms with E-state index in [-0.39, 0.29) is 0 Å². The molecule has 0 aliphatic heterocycles. The first-order valence-corrected chi connectivity index (χ1v) is 7.73. The summed E-state index contributed by atoms with van der Waals surface area (Å²) in [5.41, 5.74) is 6.73. The van der Waals surface area contributed by atoms with Gasteiger partial charge in [-0.1, -0.05) is 6.07 Å². The lowest BCUT2D eigenvalue weighted by Gasteiger charge is -2.15. The topological polar surface area (TPSA) is 34.1 Å². The number of pyridine rings is 1. The first-order chi connectivity index (χ1) is 9.93. The summed E-state index contributed by atoms with van der Waals surface area (Å²) in [5, 5.41) is 3.47. The number of hydrogen-bond donors (Lipinski definition) is 1. The van der Waals surface area contributed by atoms with Crippen molar-refractivity contribution in [2.24, 2.45) is 0 Å². The minimum absolute atomic E-state index is 0.672. The molecule has 0 amide bonds. The van der Waals surface area contributed by atoms with E-state index in [4.69, 9.17) is 4.74 Å². The first kappa shape index (κ1) is 15.8. The second kappa shape index (κ2) is 6.48. The lowest BCUT2D eigenvalue weighted by molar-refractivity contribution is 0.407. The monoisotopic (exact) mass is 348 g/mol. The van der Waals surface area contributed by atoms with Crippen LogP contribution in [0.5, 0.6) is 5.75 Å². The third kappa shape index (κ3) is 3.38. The summed E-state index contributed by atoms with van der Waals surface area (Å²) in [4.78, 5) is 4.52. The highest BCUT2D eigenvalue weighted by molar-refractivity contribution is 9.10. The van der Waals surface area contributed by atoms with Crippen LogP contribution in [0.1, 0.15) is 27.9 Å². The van der Waals surface area contributed by atoms with E-state index in [1.165, 1.54) is 11.1 Å². The van der Waals surface area contributed by atoms with Crippen LogP contribution in [0.4, 0.5) is 5.69 Å². The van der Waals surface area contributed by atoms with Crippen LogP contribution in [0, 0.1) is 27.7 Å². The summed E-state index contributed by atoms with van der Waals surface area (Å²) in [6.45, 7) is 8.93. The minimum Gasteiger partial charge on any atom is -0.496 e. The SMILES string of the molecule is COc1c(C)cnc(CNc2c(C)cc(C)cc2Br)c1C. The minimum atomic E-state index is 0.672. The van der Waals surface area contributed by atoms with Crippen LogP contribution in [0.25, 0.3) is 0 Å². The van der Waals surface area contributed by atoms with Gasteiger partial charge in [0.15, 0.2) is 0 Å². The van der Waals surface area contributed by atoms with Crippen molar-refractivity contribution in [3.8, 4) is 5.75 Å². The summed E-state index contributed by atoms with van der Waals surface area (Å²) in [6, 6.07) is 4.29. The van der Waals surface area contributed by atoms with Crippen LogP contribution >= 0.6 is 15.9 Å². The highest BCUT2D eigenvalue weighted by Crippen LogP contribution is 2.29. The summed E-state index contributed by atoms with van der Waals surface area (Å²) in [7, 11) is 1.70. The van der Waals surface area contributed by atoms with Crippen molar-refractivity contribution in [1.29, 1.82) is 0 Å². The van der Waals surface area contributed by atoms with Crippen LogP contribution < -0.4 is 10.1 Å². The number of ether oxygens (including phenoxy) is 1. The second-order valence-corrected chi connectivity index (χ2v) is 6.19. The van der Waals surface area contributed by atoms with E-state index in [1.54, 1.807) is 7.11 Å². The lowest BCUT2D eigenvalue weighted by atomic mass is 10.1. The van der Waals surface area contributed by atoms with E-state index in [0.717, 1.165) is 32.7 Å². The van der Waals surface area contributed by atoms with Gasteiger partial charge in [0.1, 0.15) is 5.75 Å². The van der Waals surface area contributed by atoms with E-state index in [0.29, 0.717) is 6.54 Å². The van der Waals surface area contributed by atoms with Gasteiger partial charge in [0.2, 0.25) is 0 Å². The van der Waals surface area contributed by atoms with Crippen molar-refractivity contribution in [3.05, 3.63) is 50.8 Å². The van der Waals surface area contributed by atoms with Gasteiger partial charge in [-0.3, -0.25) is 4.98 Å². The average molecular weight is 349 g/mol. The van der Waals surface area contributed by atoms with Crippen molar-refractivity contribution >= 4 is 21.6 Å². The molecule has 0 fully saturated rings. The number of methoxy groups -OCH3 is 1. The Morgan fingerprint density at radius 3 is 2.48 bits per heavy atom. The highest BCUT2D eigenvalue weighted by atomic mass is 79.9. The number of halogens is 1. The molecule has 0 atom stereocenters. The molecule has 1 N–H and O–H groups in total. The fourth-order valence-corrected chi connectivity index (χ4v) is 3.38. The van der Waals surface area contributed by atoms with E-state index in [1.807, 2.05) is 20.0 Å². The molecule has 112 valence electrons. The van der Waals surface area contributed by atoms with E-state index in [9.17, 15) is 0 Å².